The summed E-state index contributed by atoms with van der Waals surface area (Å²) in [5.74, 6) is 0. The second kappa shape index (κ2) is 4.09. The molecule has 0 unspecified atom stereocenters. The maximum atomic E-state index is 12.2. The second-order valence-electron chi connectivity index (χ2n) is 5.23. The molecule has 0 amide bonds. The fraction of sp³-hybridized carbons (Fsp3) is 0.0588. The maximum absolute atomic E-state index is 12.2. The summed E-state index contributed by atoms with van der Waals surface area (Å²) in [6, 6.07) is 19.5. The molecule has 1 aromatic heterocycles. The van der Waals surface area contributed by atoms with Crippen LogP contribution >= 0.6 is 0 Å². The van der Waals surface area contributed by atoms with Crippen LogP contribution in [-0.2, 0) is 10.0 Å². The Labute approximate surface area is 122 Å². The van der Waals surface area contributed by atoms with E-state index in [0.29, 0.717) is 0 Å². The third kappa shape index (κ3) is 1.69. The molecule has 4 rings (SSSR count). The average Bonchev–Trinajstić information content (AvgIpc) is 2.81. The fourth-order valence-electron chi connectivity index (χ4n) is 3.06. The molecule has 0 spiro atoms. The monoisotopic (exact) mass is 295 g/mol. The molecule has 0 aliphatic rings. The van der Waals surface area contributed by atoms with Crippen molar-refractivity contribution in [1.29, 1.82) is 0 Å². The molecule has 0 bridgehead atoms. The predicted molar refractivity (Wildman–Crippen MR) is 87.2 cm³/mol. The molecule has 1 heterocycles. The Hall–Kier alpha value is -2.33. The SMILES string of the molecule is CS(=O)(=O)n1c2ccccc2c2c3ccccc3ccc21. The fourth-order valence-corrected chi connectivity index (χ4v) is 4.09. The lowest BCUT2D eigenvalue weighted by Gasteiger charge is -2.04. The van der Waals surface area contributed by atoms with Gasteiger partial charge in [0.1, 0.15) is 0 Å². The first-order valence-electron chi connectivity index (χ1n) is 6.69. The van der Waals surface area contributed by atoms with Crippen molar-refractivity contribution in [3.8, 4) is 0 Å². The minimum atomic E-state index is -3.36. The van der Waals surface area contributed by atoms with Crippen LogP contribution < -0.4 is 0 Å². The van der Waals surface area contributed by atoms with Crippen LogP contribution in [-0.4, -0.2) is 18.6 Å². The predicted octanol–water partition coefficient (Wildman–Crippen LogP) is 3.76. The van der Waals surface area contributed by atoms with Crippen molar-refractivity contribution in [3.05, 3.63) is 60.7 Å². The molecule has 4 aromatic rings. The number of hydrogen-bond donors (Lipinski definition) is 0. The molecule has 0 fully saturated rings. The Morgan fingerprint density at radius 2 is 1.43 bits per heavy atom. The standard InChI is InChI=1S/C17H13NO2S/c1-21(19,20)18-15-9-5-4-8-14(15)17-13-7-3-2-6-12(13)10-11-16(17)18/h2-11H,1H3. The van der Waals surface area contributed by atoms with E-state index in [1.54, 1.807) is 0 Å². The first-order chi connectivity index (χ1) is 10.1. The highest BCUT2D eigenvalue weighted by molar-refractivity contribution is 7.89. The summed E-state index contributed by atoms with van der Waals surface area (Å²) in [4.78, 5) is 0. The summed E-state index contributed by atoms with van der Waals surface area (Å²) in [6.45, 7) is 0. The zero-order valence-electron chi connectivity index (χ0n) is 11.4. The molecule has 0 radical (unpaired) electrons. The lowest BCUT2D eigenvalue weighted by Crippen LogP contribution is -2.09. The van der Waals surface area contributed by atoms with Crippen molar-refractivity contribution >= 4 is 42.6 Å². The zero-order valence-corrected chi connectivity index (χ0v) is 12.3. The van der Waals surface area contributed by atoms with Gasteiger partial charge >= 0.3 is 0 Å². The molecular weight excluding hydrogens is 282 g/mol. The number of para-hydroxylation sites is 1. The van der Waals surface area contributed by atoms with Crippen LogP contribution in [0.25, 0.3) is 32.6 Å². The number of hydrogen-bond acceptors (Lipinski definition) is 2. The highest BCUT2D eigenvalue weighted by Gasteiger charge is 2.18. The van der Waals surface area contributed by atoms with Crippen molar-refractivity contribution in [1.82, 2.24) is 3.97 Å². The summed E-state index contributed by atoms with van der Waals surface area (Å²) in [5.41, 5.74) is 1.46. The third-order valence-corrected chi connectivity index (χ3v) is 4.91. The molecule has 3 aromatic carbocycles. The Morgan fingerprint density at radius 1 is 0.762 bits per heavy atom. The first-order valence-corrected chi connectivity index (χ1v) is 8.54. The Bertz CT molecular complexity index is 1110. The van der Waals surface area contributed by atoms with Crippen LogP contribution in [0.2, 0.25) is 0 Å². The van der Waals surface area contributed by atoms with Crippen LogP contribution in [0.15, 0.2) is 60.7 Å². The second-order valence-corrected chi connectivity index (χ2v) is 7.06. The smallest absolute Gasteiger partial charge is 0.236 e. The van der Waals surface area contributed by atoms with Crippen molar-refractivity contribution in [2.45, 2.75) is 0 Å². The van der Waals surface area contributed by atoms with E-state index < -0.39 is 10.0 Å². The van der Waals surface area contributed by atoms with E-state index in [-0.39, 0.29) is 0 Å². The zero-order chi connectivity index (χ0) is 14.6. The molecule has 0 saturated carbocycles. The van der Waals surface area contributed by atoms with E-state index in [1.165, 1.54) is 10.2 Å². The summed E-state index contributed by atoms with van der Waals surface area (Å²) in [5, 5.41) is 4.15. The molecule has 0 aliphatic carbocycles. The summed E-state index contributed by atoms with van der Waals surface area (Å²) >= 11 is 0. The van der Waals surface area contributed by atoms with E-state index in [1.807, 2.05) is 60.7 Å². The van der Waals surface area contributed by atoms with Gasteiger partial charge < -0.3 is 0 Å². The summed E-state index contributed by atoms with van der Waals surface area (Å²) in [6.07, 6.45) is 1.24. The number of benzene rings is 3. The highest BCUT2D eigenvalue weighted by atomic mass is 32.2. The van der Waals surface area contributed by atoms with Crippen molar-refractivity contribution < 1.29 is 8.42 Å². The summed E-state index contributed by atoms with van der Waals surface area (Å²) in [7, 11) is -3.36. The van der Waals surface area contributed by atoms with E-state index >= 15 is 0 Å². The molecule has 0 N–H and O–H groups in total. The van der Waals surface area contributed by atoms with Gasteiger partial charge in [0.2, 0.25) is 10.0 Å². The molecule has 21 heavy (non-hydrogen) atoms. The molecule has 4 heteroatoms. The van der Waals surface area contributed by atoms with Crippen molar-refractivity contribution in [2.24, 2.45) is 0 Å². The average molecular weight is 295 g/mol. The first kappa shape index (κ1) is 12.4. The van der Waals surface area contributed by atoms with Crippen LogP contribution in [0.1, 0.15) is 0 Å². The molecular formula is C17H13NO2S. The van der Waals surface area contributed by atoms with Crippen molar-refractivity contribution in [2.75, 3.05) is 6.26 Å². The minimum absolute atomic E-state index is 0.728. The molecule has 0 aliphatic heterocycles. The normalized spacial score (nSPS) is 12.4. The van der Waals surface area contributed by atoms with Gasteiger partial charge in [0.25, 0.3) is 0 Å². The van der Waals surface area contributed by atoms with Crippen molar-refractivity contribution in [3.63, 3.8) is 0 Å². The summed E-state index contributed by atoms with van der Waals surface area (Å²) < 4.78 is 25.9. The van der Waals surface area contributed by atoms with Gasteiger partial charge in [-0.25, -0.2) is 12.4 Å². The Kier molecular flexibility index (Phi) is 2.41. The lowest BCUT2D eigenvalue weighted by atomic mass is 10.0. The maximum Gasteiger partial charge on any atom is 0.236 e. The third-order valence-electron chi connectivity index (χ3n) is 3.85. The van der Waals surface area contributed by atoms with Gasteiger partial charge in [0.05, 0.1) is 17.3 Å². The van der Waals surface area contributed by atoms with Crippen LogP contribution in [0, 0.1) is 0 Å². The Balaban J connectivity index is 2.42. The molecule has 3 nitrogen and oxygen atoms in total. The number of aromatic nitrogens is 1. The van der Waals surface area contributed by atoms with Gasteiger partial charge in [0.15, 0.2) is 0 Å². The van der Waals surface area contributed by atoms with Gasteiger partial charge in [-0.3, -0.25) is 0 Å². The van der Waals surface area contributed by atoms with Crippen LogP contribution in [0.3, 0.4) is 0 Å². The quantitative estimate of drug-likeness (QED) is 0.536. The molecule has 0 saturated heterocycles. The van der Waals surface area contributed by atoms with Crippen LogP contribution in [0.4, 0.5) is 0 Å². The number of nitrogens with zero attached hydrogens (tertiary/aromatic N) is 1. The van der Waals surface area contributed by atoms with E-state index in [0.717, 1.165) is 32.6 Å². The van der Waals surface area contributed by atoms with Gasteiger partial charge in [0, 0.05) is 10.8 Å². The molecule has 0 atom stereocenters. The molecule has 104 valence electrons. The minimum Gasteiger partial charge on any atom is -0.237 e. The van der Waals surface area contributed by atoms with Gasteiger partial charge in [-0.15, -0.1) is 0 Å². The lowest BCUT2D eigenvalue weighted by molar-refractivity contribution is 0.596. The Morgan fingerprint density at radius 3 is 2.19 bits per heavy atom. The van der Waals surface area contributed by atoms with Crippen LogP contribution in [0.5, 0.6) is 0 Å². The van der Waals surface area contributed by atoms with E-state index in [9.17, 15) is 8.42 Å². The van der Waals surface area contributed by atoms with Gasteiger partial charge in [-0.2, -0.15) is 0 Å². The van der Waals surface area contributed by atoms with E-state index in [4.69, 9.17) is 0 Å². The van der Waals surface area contributed by atoms with E-state index in [2.05, 4.69) is 0 Å². The van der Waals surface area contributed by atoms with Gasteiger partial charge in [-0.1, -0.05) is 48.5 Å². The highest BCUT2D eigenvalue weighted by Crippen LogP contribution is 2.35. The van der Waals surface area contributed by atoms with Gasteiger partial charge in [-0.05, 0) is 22.9 Å². The largest absolute Gasteiger partial charge is 0.237 e. The topological polar surface area (TPSA) is 39.1 Å². The number of rotatable bonds is 1. The number of fused-ring (bicyclic) bond motifs is 5.